The van der Waals surface area contributed by atoms with Crippen molar-refractivity contribution in [1.82, 2.24) is 0 Å². The standard InChI is InChI=1S/C38H30N4O8S2/c1-22(2)21-38(3,24-14-12-23(13-15-24)33-34(42-40)36(44)29-10-6-7-11-30(29)37(33)51(45,46)47)25-16-18-26(19-17-25)50-52(48,49)32-20-31(41-39)35(43)28-9-5-4-8-27(28)32/h4-20,22H,21H2,1-3H3,(H,45,46,47). The van der Waals surface area contributed by atoms with E-state index in [4.69, 9.17) is 4.18 Å². The van der Waals surface area contributed by atoms with E-state index < -0.39 is 53.5 Å². The van der Waals surface area contributed by atoms with Crippen molar-refractivity contribution in [2.75, 3.05) is 0 Å². The molecule has 0 heterocycles. The van der Waals surface area contributed by atoms with Gasteiger partial charge in [-0.25, -0.2) is 0 Å². The Kier molecular flexibility index (Phi) is 9.22. The maximum absolute atomic E-state index is 13.5. The molecule has 4 aromatic carbocycles. The molecule has 262 valence electrons. The molecule has 0 aromatic heterocycles. The van der Waals surface area contributed by atoms with Crippen LogP contribution in [0.4, 0.5) is 0 Å². The Labute approximate surface area is 299 Å². The molecule has 2 aliphatic carbocycles. The van der Waals surface area contributed by atoms with E-state index in [-0.39, 0.29) is 50.0 Å². The van der Waals surface area contributed by atoms with Gasteiger partial charge >= 0.3 is 21.5 Å². The second kappa shape index (κ2) is 13.3. The largest absolute Gasteiger partial charge is 0.379 e. The summed E-state index contributed by atoms with van der Waals surface area (Å²) in [5.74, 6) is -1.17. The van der Waals surface area contributed by atoms with Crippen molar-refractivity contribution >= 4 is 58.6 Å². The average Bonchev–Trinajstić information content (AvgIpc) is 3.11. The summed E-state index contributed by atoms with van der Waals surface area (Å²) >= 11 is 0. The average molecular weight is 735 g/mol. The Morgan fingerprint density at radius 3 is 1.77 bits per heavy atom. The van der Waals surface area contributed by atoms with Gasteiger partial charge in [-0.3, -0.25) is 14.1 Å². The Balaban J connectivity index is 1.37. The number of benzene rings is 4. The van der Waals surface area contributed by atoms with Crippen molar-refractivity contribution in [3.63, 3.8) is 0 Å². The Bertz CT molecular complexity index is 2580. The molecule has 52 heavy (non-hydrogen) atoms. The zero-order chi connectivity index (χ0) is 37.6. The van der Waals surface area contributed by atoms with Gasteiger partial charge in [-0.05, 0) is 41.2 Å². The molecule has 2 aliphatic rings. The molecule has 1 atom stereocenters. The number of hydrogen-bond donors (Lipinski definition) is 1. The molecule has 6 rings (SSSR count). The Hall–Kier alpha value is -5.88. The lowest BCUT2D eigenvalue weighted by Crippen LogP contribution is -2.27. The molecule has 0 spiro atoms. The fraction of sp³-hybridized carbons (Fsp3) is 0.158. The molecule has 1 N–H and O–H groups in total. The zero-order valence-electron chi connectivity index (χ0n) is 28.0. The topological polar surface area (TPSA) is 205 Å². The van der Waals surface area contributed by atoms with Crippen LogP contribution in [0.2, 0.25) is 0 Å². The fourth-order valence-electron chi connectivity index (χ4n) is 6.85. The lowest BCUT2D eigenvalue weighted by Gasteiger charge is -2.33. The summed E-state index contributed by atoms with van der Waals surface area (Å²) in [6.45, 7) is 6.08. The first-order valence-corrected chi connectivity index (χ1v) is 18.8. The summed E-state index contributed by atoms with van der Waals surface area (Å²) < 4.78 is 68.1. The van der Waals surface area contributed by atoms with Gasteiger partial charge in [0.2, 0.25) is 0 Å². The van der Waals surface area contributed by atoms with Gasteiger partial charge in [-0.15, -0.1) is 0 Å². The predicted octanol–water partition coefficient (Wildman–Crippen LogP) is 6.28. The number of ketones is 2. The summed E-state index contributed by atoms with van der Waals surface area (Å²) in [6.07, 6.45) is 1.59. The quantitative estimate of drug-likeness (QED) is 0.0895. The molecular formula is C38H30N4O8S2. The Morgan fingerprint density at radius 2 is 1.25 bits per heavy atom. The van der Waals surface area contributed by atoms with Crippen molar-refractivity contribution in [3.8, 4) is 5.75 Å². The molecule has 4 aromatic rings. The summed E-state index contributed by atoms with van der Waals surface area (Å²) in [5, 5.41) is 0. The maximum Gasteiger partial charge on any atom is 0.371 e. The van der Waals surface area contributed by atoms with Crippen LogP contribution < -0.4 is 4.18 Å². The highest BCUT2D eigenvalue weighted by Crippen LogP contribution is 2.42. The molecular weight excluding hydrogens is 705 g/mol. The molecule has 12 nitrogen and oxygen atoms in total. The highest BCUT2D eigenvalue weighted by atomic mass is 32.2. The number of hydrogen-bond acceptors (Lipinski definition) is 7. The Morgan fingerprint density at radius 1 is 0.731 bits per heavy atom. The highest BCUT2D eigenvalue weighted by molar-refractivity contribution is 7.96. The van der Waals surface area contributed by atoms with Crippen molar-refractivity contribution < 1.29 is 44.7 Å². The van der Waals surface area contributed by atoms with Gasteiger partial charge in [0, 0.05) is 27.7 Å². The van der Waals surface area contributed by atoms with Gasteiger partial charge in [0.15, 0.2) is 0 Å². The predicted molar refractivity (Wildman–Crippen MR) is 193 cm³/mol. The number of fused-ring (bicyclic) bond motifs is 2. The van der Waals surface area contributed by atoms with Crippen molar-refractivity contribution in [2.24, 2.45) is 5.92 Å². The van der Waals surface area contributed by atoms with E-state index in [1.54, 1.807) is 48.5 Å². The molecule has 1 unspecified atom stereocenters. The number of nitrogens with zero attached hydrogens (tertiary/aromatic N) is 4. The molecule has 0 aliphatic heterocycles. The van der Waals surface area contributed by atoms with Gasteiger partial charge in [0.1, 0.15) is 15.6 Å². The van der Waals surface area contributed by atoms with Crippen molar-refractivity contribution in [1.29, 1.82) is 0 Å². The second-order valence-electron chi connectivity index (χ2n) is 12.9. The van der Waals surface area contributed by atoms with E-state index in [1.807, 2.05) is 20.8 Å². The number of allylic oxidation sites excluding steroid dienone is 2. The second-order valence-corrected chi connectivity index (χ2v) is 15.8. The zero-order valence-corrected chi connectivity index (χ0v) is 29.6. The van der Waals surface area contributed by atoms with E-state index in [9.17, 15) is 42.0 Å². The third-order valence-corrected chi connectivity index (χ3v) is 11.3. The van der Waals surface area contributed by atoms with Gasteiger partial charge in [-0.2, -0.15) is 26.4 Å². The third-order valence-electron chi connectivity index (χ3n) is 9.09. The number of Topliss-reactive ketones (excluding diaryl/α,β-unsaturated/α-hetero) is 2. The fourth-order valence-corrected chi connectivity index (χ4v) is 8.94. The maximum atomic E-state index is 13.5. The molecule has 0 radical (unpaired) electrons. The molecule has 0 saturated carbocycles. The smallest absolute Gasteiger partial charge is 0.371 e. The number of carbonyl (C=O) groups excluding carboxylic acids is 2. The summed E-state index contributed by atoms with van der Waals surface area (Å²) in [6, 6.07) is 25.0. The minimum atomic E-state index is -4.90. The van der Waals surface area contributed by atoms with E-state index in [0.29, 0.717) is 6.42 Å². The van der Waals surface area contributed by atoms with Crippen LogP contribution in [0.25, 0.3) is 26.4 Å². The van der Waals surface area contributed by atoms with Crippen LogP contribution in [0.1, 0.15) is 75.7 Å². The van der Waals surface area contributed by atoms with Crippen LogP contribution >= 0.6 is 0 Å². The monoisotopic (exact) mass is 734 g/mol. The van der Waals surface area contributed by atoms with Gasteiger partial charge < -0.3 is 15.2 Å². The van der Waals surface area contributed by atoms with E-state index in [1.165, 1.54) is 48.5 Å². The van der Waals surface area contributed by atoms with Crippen LogP contribution in [-0.4, -0.2) is 54.0 Å². The normalized spacial score (nSPS) is 15.7. The van der Waals surface area contributed by atoms with Gasteiger partial charge in [0.05, 0.1) is 11.6 Å². The minimum absolute atomic E-state index is 0.00786. The SMILES string of the molecule is CC(C)CC(C)(c1ccc(OS(=O)(=O)C2=CC(=[N+]=[N-])C(=O)c3ccccc32)cc1)c1ccc(C2=C(S(=O)(=O)O)c3ccccc3C(=O)C2=[N+]=[N-])cc1. The lowest BCUT2D eigenvalue weighted by atomic mass is 9.71. The molecule has 14 heteroatoms. The van der Waals surface area contributed by atoms with E-state index in [0.717, 1.165) is 17.2 Å². The molecule has 0 saturated heterocycles. The summed E-state index contributed by atoms with van der Waals surface area (Å²) in [4.78, 5) is 31.1. The van der Waals surface area contributed by atoms with Crippen LogP contribution in [0.5, 0.6) is 5.75 Å². The molecule has 0 bridgehead atoms. The molecule has 0 fully saturated rings. The molecule has 0 amide bonds. The van der Waals surface area contributed by atoms with Crippen LogP contribution in [-0.2, 0) is 25.7 Å². The first-order valence-electron chi connectivity index (χ1n) is 15.9. The highest BCUT2D eigenvalue weighted by Gasteiger charge is 2.42. The number of carbonyl (C=O) groups is 2. The van der Waals surface area contributed by atoms with Crippen molar-refractivity contribution in [2.45, 2.75) is 32.6 Å². The van der Waals surface area contributed by atoms with Crippen molar-refractivity contribution in [3.05, 3.63) is 153 Å². The first kappa shape index (κ1) is 35.9. The third kappa shape index (κ3) is 6.30. The minimum Gasteiger partial charge on any atom is -0.379 e. The summed E-state index contributed by atoms with van der Waals surface area (Å²) in [7, 11) is -9.40. The van der Waals surface area contributed by atoms with E-state index in [2.05, 4.69) is 9.58 Å². The van der Waals surface area contributed by atoms with Gasteiger partial charge in [-0.1, -0.05) is 106 Å². The van der Waals surface area contributed by atoms with Gasteiger partial charge in [0.25, 0.3) is 21.7 Å². The summed E-state index contributed by atoms with van der Waals surface area (Å²) in [5.41, 5.74) is 19.2. The van der Waals surface area contributed by atoms with Crippen LogP contribution in [0.3, 0.4) is 0 Å². The lowest BCUT2D eigenvalue weighted by molar-refractivity contribution is -0.00443. The number of rotatable bonds is 9. The van der Waals surface area contributed by atoms with Crippen LogP contribution in [0, 0.1) is 5.92 Å². The first-order chi connectivity index (χ1) is 24.6. The van der Waals surface area contributed by atoms with Crippen LogP contribution in [0.15, 0.2) is 103 Å². The van der Waals surface area contributed by atoms with E-state index >= 15 is 0 Å².